The normalized spacial score (nSPS) is 11.8. The van der Waals surface area contributed by atoms with Crippen molar-refractivity contribution in [2.75, 3.05) is 5.73 Å². The molecule has 0 bridgehead atoms. The minimum atomic E-state index is -0.986. The lowest BCUT2D eigenvalue weighted by molar-refractivity contribution is 0.340. The molecule has 2 N–H and O–H groups in total. The molecule has 0 aliphatic carbocycles. The van der Waals surface area contributed by atoms with E-state index in [0.717, 1.165) is 18.6 Å². The summed E-state index contributed by atoms with van der Waals surface area (Å²) in [5.74, 6) is -1.62. The highest BCUT2D eigenvalue weighted by Crippen LogP contribution is 2.27. The molecule has 1 aromatic carbocycles. The van der Waals surface area contributed by atoms with E-state index in [1.165, 1.54) is 0 Å². The van der Waals surface area contributed by atoms with Crippen LogP contribution in [-0.4, -0.2) is 20.2 Å². The van der Waals surface area contributed by atoms with Crippen LogP contribution in [0, 0.1) is 17.0 Å². The van der Waals surface area contributed by atoms with Crippen LogP contribution >= 0.6 is 0 Å². The maximum Gasteiger partial charge on any atom is 0.184 e. The summed E-state index contributed by atoms with van der Waals surface area (Å²) in [5.41, 5.74) is 6.23. The Balaban J connectivity index is 2.35. The number of hydrogen-bond acceptors (Lipinski definition) is 4. The maximum atomic E-state index is 13.3. The van der Waals surface area contributed by atoms with Crippen LogP contribution in [0.5, 0.6) is 0 Å². The highest BCUT2D eigenvalue weighted by atomic mass is 19.2. The summed E-state index contributed by atoms with van der Waals surface area (Å²) < 4.78 is 28.0. The molecule has 1 aromatic heterocycles. The molecule has 0 amide bonds. The van der Waals surface area contributed by atoms with Crippen molar-refractivity contribution in [1.82, 2.24) is 20.2 Å². The molecule has 0 saturated heterocycles. The van der Waals surface area contributed by atoms with Gasteiger partial charge in [-0.05, 0) is 28.3 Å². The summed E-state index contributed by atoms with van der Waals surface area (Å²) in [6.45, 7) is 6.87. The van der Waals surface area contributed by atoms with E-state index in [1.807, 2.05) is 0 Å². The standard InChI is InChI=1S/C13H17F2N5/c1-13(2,3)4-5-20-12(17-18-19-20)8-6-9(14)10(15)7-11(8)16/h6-7H,4-5,16H2,1-3H3. The van der Waals surface area contributed by atoms with Crippen LogP contribution < -0.4 is 5.73 Å². The first-order valence-electron chi connectivity index (χ1n) is 6.29. The molecule has 0 aliphatic rings. The van der Waals surface area contributed by atoms with E-state index in [-0.39, 0.29) is 11.1 Å². The number of anilines is 1. The van der Waals surface area contributed by atoms with E-state index in [0.29, 0.717) is 17.9 Å². The van der Waals surface area contributed by atoms with Crippen molar-refractivity contribution < 1.29 is 8.78 Å². The van der Waals surface area contributed by atoms with E-state index >= 15 is 0 Å². The lowest BCUT2D eigenvalue weighted by Crippen LogP contribution is -2.12. The van der Waals surface area contributed by atoms with Crippen LogP contribution in [0.4, 0.5) is 14.5 Å². The monoisotopic (exact) mass is 281 g/mol. The molecule has 0 spiro atoms. The molecule has 5 nitrogen and oxygen atoms in total. The second-order valence-corrected chi connectivity index (χ2v) is 5.89. The number of nitrogens with zero attached hydrogens (tertiary/aromatic N) is 4. The predicted molar refractivity (Wildman–Crippen MR) is 71.7 cm³/mol. The Morgan fingerprint density at radius 1 is 1.20 bits per heavy atom. The SMILES string of the molecule is CC(C)(C)CCn1nnnc1-c1cc(F)c(F)cc1N. The summed E-state index contributed by atoms with van der Waals surface area (Å²) in [7, 11) is 0. The van der Waals surface area contributed by atoms with E-state index in [9.17, 15) is 8.78 Å². The molecule has 0 saturated carbocycles. The molecule has 0 fully saturated rings. The number of nitrogens with two attached hydrogens (primary N) is 1. The minimum Gasteiger partial charge on any atom is -0.398 e. The summed E-state index contributed by atoms with van der Waals surface area (Å²) in [5, 5.41) is 11.3. The quantitative estimate of drug-likeness (QED) is 0.878. The lowest BCUT2D eigenvalue weighted by Gasteiger charge is -2.18. The average molecular weight is 281 g/mol. The van der Waals surface area contributed by atoms with Crippen molar-refractivity contribution in [2.45, 2.75) is 33.7 Å². The Kier molecular flexibility index (Phi) is 3.69. The van der Waals surface area contributed by atoms with Gasteiger partial charge in [0.2, 0.25) is 0 Å². The Bertz CT molecular complexity index is 616. The van der Waals surface area contributed by atoms with Crippen molar-refractivity contribution in [1.29, 1.82) is 0 Å². The number of benzene rings is 1. The highest BCUT2D eigenvalue weighted by Gasteiger charge is 2.17. The van der Waals surface area contributed by atoms with Crippen molar-refractivity contribution in [3.63, 3.8) is 0 Å². The first kappa shape index (κ1) is 14.4. The number of nitrogen functional groups attached to an aromatic ring is 1. The molecule has 1 heterocycles. The van der Waals surface area contributed by atoms with Gasteiger partial charge in [0.15, 0.2) is 17.5 Å². The summed E-state index contributed by atoms with van der Waals surface area (Å²) in [6.07, 6.45) is 0.842. The smallest absolute Gasteiger partial charge is 0.184 e. The third-order valence-electron chi connectivity index (χ3n) is 2.94. The first-order valence-corrected chi connectivity index (χ1v) is 6.29. The number of hydrogen-bond donors (Lipinski definition) is 1. The van der Waals surface area contributed by atoms with Crippen LogP contribution in [-0.2, 0) is 6.54 Å². The van der Waals surface area contributed by atoms with Crippen LogP contribution in [0.25, 0.3) is 11.4 Å². The Labute approximate surface area is 115 Å². The lowest BCUT2D eigenvalue weighted by atomic mass is 9.92. The summed E-state index contributed by atoms with van der Waals surface area (Å²) in [6, 6.07) is 1.96. The molecule has 7 heteroatoms. The zero-order chi connectivity index (χ0) is 14.9. The van der Waals surface area contributed by atoms with E-state index in [1.54, 1.807) is 4.68 Å². The molecule has 20 heavy (non-hydrogen) atoms. The van der Waals surface area contributed by atoms with Crippen molar-refractivity contribution in [3.8, 4) is 11.4 Å². The van der Waals surface area contributed by atoms with Gasteiger partial charge in [-0.2, -0.15) is 0 Å². The maximum absolute atomic E-state index is 13.3. The Morgan fingerprint density at radius 3 is 2.50 bits per heavy atom. The fraction of sp³-hybridized carbons (Fsp3) is 0.462. The topological polar surface area (TPSA) is 69.6 Å². The van der Waals surface area contributed by atoms with Gasteiger partial charge in [0.25, 0.3) is 0 Å². The zero-order valence-corrected chi connectivity index (χ0v) is 11.7. The average Bonchev–Trinajstić information content (AvgIpc) is 2.78. The number of aromatic nitrogens is 4. The largest absolute Gasteiger partial charge is 0.398 e. The molecule has 0 radical (unpaired) electrons. The van der Waals surface area contributed by atoms with Crippen LogP contribution in [0.1, 0.15) is 27.2 Å². The van der Waals surface area contributed by atoms with Crippen LogP contribution in [0.15, 0.2) is 12.1 Å². The highest BCUT2D eigenvalue weighted by molar-refractivity contribution is 5.71. The van der Waals surface area contributed by atoms with Crippen LogP contribution in [0.2, 0.25) is 0 Å². The summed E-state index contributed by atoms with van der Waals surface area (Å²) in [4.78, 5) is 0. The van der Waals surface area contributed by atoms with E-state index in [4.69, 9.17) is 5.73 Å². The zero-order valence-electron chi connectivity index (χ0n) is 11.7. The molecule has 0 unspecified atom stereocenters. The predicted octanol–water partition coefficient (Wildman–Crippen LogP) is 2.64. The fourth-order valence-corrected chi connectivity index (χ4v) is 1.75. The second kappa shape index (κ2) is 5.15. The first-order chi connectivity index (χ1) is 9.28. The number of tetrazole rings is 1. The molecule has 2 aromatic rings. The third-order valence-corrected chi connectivity index (χ3v) is 2.94. The van der Waals surface area contributed by atoms with Gasteiger partial charge in [0.1, 0.15) is 0 Å². The Morgan fingerprint density at radius 2 is 1.85 bits per heavy atom. The number of rotatable bonds is 3. The van der Waals surface area contributed by atoms with Gasteiger partial charge in [0, 0.05) is 23.9 Å². The number of aryl methyl sites for hydroxylation is 1. The van der Waals surface area contributed by atoms with Gasteiger partial charge in [-0.3, -0.25) is 0 Å². The fourth-order valence-electron chi connectivity index (χ4n) is 1.75. The minimum absolute atomic E-state index is 0.107. The van der Waals surface area contributed by atoms with Gasteiger partial charge >= 0.3 is 0 Å². The second-order valence-electron chi connectivity index (χ2n) is 5.89. The van der Waals surface area contributed by atoms with Crippen molar-refractivity contribution >= 4 is 5.69 Å². The van der Waals surface area contributed by atoms with Crippen molar-refractivity contribution in [2.24, 2.45) is 5.41 Å². The molecule has 2 rings (SSSR count). The van der Waals surface area contributed by atoms with Gasteiger partial charge in [-0.15, -0.1) is 5.10 Å². The van der Waals surface area contributed by atoms with Gasteiger partial charge in [-0.1, -0.05) is 20.8 Å². The molecular weight excluding hydrogens is 264 g/mol. The van der Waals surface area contributed by atoms with Gasteiger partial charge in [0.05, 0.1) is 0 Å². The number of halogens is 2. The van der Waals surface area contributed by atoms with Gasteiger partial charge < -0.3 is 5.73 Å². The third kappa shape index (κ3) is 3.09. The molecule has 0 aliphatic heterocycles. The molecular formula is C13H17F2N5. The Hall–Kier alpha value is -2.05. The van der Waals surface area contributed by atoms with Crippen molar-refractivity contribution in [3.05, 3.63) is 23.8 Å². The van der Waals surface area contributed by atoms with E-state index < -0.39 is 11.6 Å². The molecule has 0 atom stereocenters. The van der Waals surface area contributed by atoms with E-state index in [2.05, 4.69) is 36.3 Å². The summed E-state index contributed by atoms with van der Waals surface area (Å²) >= 11 is 0. The van der Waals surface area contributed by atoms with Crippen LogP contribution in [0.3, 0.4) is 0 Å². The van der Waals surface area contributed by atoms with Gasteiger partial charge in [-0.25, -0.2) is 13.5 Å². The molecule has 108 valence electrons.